The maximum Gasteiger partial charge on any atom is 0.338 e. The van der Waals surface area contributed by atoms with Gasteiger partial charge in [-0.1, -0.05) is 17.7 Å². The van der Waals surface area contributed by atoms with Crippen molar-refractivity contribution < 1.29 is 23.8 Å². The van der Waals surface area contributed by atoms with Gasteiger partial charge in [-0.3, -0.25) is 4.79 Å². The molecule has 0 unspecified atom stereocenters. The summed E-state index contributed by atoms with van der Waals surface area (Å²) in [7, 11) is 0. The predicted molar refractivity (Wildman–Crippen MR) is 78.4 cm³/mol. The number of nitrogens with one attached hydrogen (secondary N) is 1. The summed E-state index contributed by atoms with van der Waals surface area (Å²) in [6.07, 6.45) is 0. The van der Waals surface area contributed by atoms with Crippen LogP contribution in [0.3, 0.4) is 0 Å². The number of carbonyl (C=O) groups excluding carboxylic acids is 2. The molecule has 0 bridgehead atoms. The van der Waals surface area contributed by atoms with Gasteiger partial charge >= 0.3 is 5.97 Å². The largest absolute Gasteiger partial charge is 0.508 e. The Morgan fingerprint density at radius 3 is 2.68 bits per heavy atom. The van der Waals surface area contributed by atoms with Crippen LogP contribution in [0.15, 0.2) is 42.5 Å². The maximum atomic E-state index is 12.9. The number of anilines is 1. The highest BCUT2D eigenvalue weighted by molar-refractivity contribution is 6.33. The van der Waals surface area contributed by atoms with Gasteiger partial charge in [0, 0.05) is 0 Å². The molecule has 0 saturated heterocycles. The highest BCUT2D eigenvalue weighted by Crippen LogP contribution is 2.22. The quantitative estimate of drug-likeness (QED) is 0.848. The normalized spacial score (nSPS) is 10.1. The van der Waals surface area contributed by atoms with E-state index in [4.69, 9.17) is 16.3 Å². The van der Waals surface area contributed by atoms with Gasteiger partial charge in [-0.05, 0) is 36.4 Å². The van der Waals surface area contributed by atoms with Crippen LogP contribution in [-0.2, 0) is 9.53 Å². The Hall–Kier alpha value is -2.60. The molecule has 0 aliphatic carbocycles. The first-order valence-corrected chi connectivity index (χ1v) is 6.54. The lowest BCUT2D eigenvalue weighted by Crippen LogP contribution is -2.21. The fourth-order valence-corrected chi connectivity index (χ4v) is 1.84. The summed E-state index contributed by atoms with van der Waals surface area (Å²) in [6.45, 7) is -0.539. The van der Waals surface area contributed by atoms with Crippen molar-refractivity contribution in [2.45, 2.75) is 0 Å². The Bertz CT molecular complexity index is 720. The highest BCUT2D eigenvalue weighted by Gasteiger charge is 2.12. The number of ether oxygens (including phenoxy) is 1. The Kier molecular flexibility index (Phi) is 4.95. The van der Waals surface area contributed by atoms with E-state index in [1.807, 2.05) is 0 Å². The van der Waals surface area contributed by atoms with Crippen LogP contribution in [0.5, 0.6) is 5.75 Å². The second-order valence-corrected chi connectivity index (χ2v) is 4.71. The molecule has 2 N–H and O–H groups in total. The molecule has 0 aromatic heterocycles. The van der Waals surface area contributed by atoms with Gasteiger partial charge in [-0.25, -0.2) is 9.18 Å². The third-order valence-corrected chi connectivity index (χ3v) is 2.93. The summed E-state index contributed by atoms with van der Waals surface area (Å²) in [5, 5.41) is 11.7. The van der Waals surface area contributed by atoms with Crippen molar-refractivity contribution in [3.8, 4) is 5.75 Å². The topological polar surface area (TPSA) is 75.6 Å². The molecule has 5 nitrogen and oxygen atoms in total. The number of rotatable bonds is 4. The number of esters is 1. The molecule has 0 aliphatic heterocycles. The second kappa shape index (κ2) is 6.91. The van der Waals surface area contributed by atoms with Gasteiger partial charge in [-0.15, -0.1) is 0 Å². The number of hydrogen-bond acceptors (Lipinski definition) is 4. The second-order valence-electron chi connectivity index (χ2n) is 4.30. The van der Waals surface area contributed by atoms with Crippen molar-refractivity contribution in [3.63, 3.8) is 0 Å². The number of carbonyl (C=O) groups is 2. The van der Waals surface area contributed by atoms with E-state index in [1.165, 1.54) is 30.3 Å². The number of halogens is 2. The van der Waals surface area contributed by atoms with Crippen LogP contribution in [-0.4, -0.2) is 23.6 Å². The Morgan fingerprint density at radius 1 is 1.23 bits per heavy atom. The van der Waals surface area contributed by atoms with E-state index in [1.54, 1.807) is 0 Å². The molecule has 1 amide bonds. The van der Waals surface area contributed by atoms with E-state index < -0.39 is 24.3 Å². The molecule has 7 heteroatoms. The van der Waals surface area contributed by atoms with Gasteiger partial charge in [0.05, 0.1) is 16.3 Å². The standard InChI is InChI=1S/C15H11ClFNO4/c16-12-7-10(17)4-5-13(12)18-14(20)8-22-15(21)9-2-1-3-11(19)6-9/h1-7,19H,8H2,(H,18,20). The SMILES string of the molecule is O=C(COC(=O)c1cccc(O)c1)Nc1ccc(F)cc1Cl. The monoisotopic (exact) mass is 323 g/mol. The Morgan fingerprint density at radius 2 is 2.00 bits per heavy atom. The molecular formula is C15H11ClFNO4. The van der Waals surface area contributed by atoms with Crippen molar-refractivity contribution in [1.82, 2.24) is 0 Å². The number of phenolic OH excluding ortho intramolecular Hbond substituents is 1. The summed E-state index contributed by atoms with van der Waals surface area (Å²) in [5.41, 5.74) is 0.328. The molecule has 2 rings (SSSR count). The van der Waals surface area contributed by atoms with Gasteiger partial charge in [-0.2, -0.15) is 0 Å². The average Bonchev–Trinajstić information content (AvgIpc) is 2.47. The minimum absolute atomic E-state index is 0.0349. The number of hydrogen-bond donors (Lipinski definition) is 2. The fourth-order valence-electron chi connectivity index (χ4n) is 1.62. The first kappa shape index (κ1) is 15.8. The average molecular weight is 324 g/mol. The number of aromatic hydroxyl groups is 1. The third kappa shape index (κ3) is 4.20. The van der Waals surface area contributed by atoms with Crippen LogP contribution in [0, 0.1) is 5.82 Å². The highest BCUT2D eigenvalue weighted by atomic mass is 35.5. The zero-order valence-electron chi connectivity index (χ0n) is 11.2. The molecule has 0 atom stereocenters. The first-order valence-electron chi connectivity index (χ1n) is 6.17. The van der Waals surface area contributed by atoms with Gasteiger partial charge in [0.2, 0.25) is 0 Å². The summed E-state index contributed by atoms with van der Waals surface area (Å²) in [4.78, 5) is 23.3. The molecule has 0 spiro atoms. The van der Waals surface area contributed by atoms with Crippen LogP contribution < -0.4 is 5.32 Å². The molecule has 114 valence electrons. The van der Waals surface area contributed by atoms with Gasteiger partial charge in [0.1, 0.15) is 11.6 Å². The molecule has 2 aromatic rings. The molecule has 0 aliphatic rings. The van der Waals surface area contributed by atoms with Gasteiger partial charge in [0.15, 0.2) is 6.61 Å². The summed E-state index contributed by atoms with van der Waals surface area (Å²) in [5.74, 6) is -1.99. The fraction of sp³-hybridized carbons (Fsp3) is 0.0667. The van der Waals surface area contributed by atoms with E-state index in [0.29, 0.717) is 0 Å². The lowest BCUT2D eigenvalue weighted by Gasteiger charge is -2.08. The lowest BCUT2D eigenvalue weighted by atomic mass is 10.2. The molecular weight excluding hydrogens is 313 g/mol. The number of amides is 1. The van der Waals surface area contributed by atoms with Crippen molar-refractivity contribution in [1.29, 1.82) is 0 Å². The zero-order chi connectivity index (χ0) is 16.1. The first-order chi connectivity index (χ1) is 10.5. The lowest BCUT2D eigenvalue weighted by molar-refractivity contribution is -0.119. The molecule has 0 radical (unpaired) electrons. The summed E-state index contributed by atoms with van der Waals surface area (Å²) >= 11 is 5.76. The van der Waals surface area contributed by atoms with E-state index in [0.717, 1.165) is 12.1 Å². The van der Waals surface area contributed by atoms with E-state index in [-0.39, 0.29) is 22.0 Å². The van der Waals surface area contributed by atoms with E-state index >= 15 is 0 Å². The van der Waals surface area contributed by atoms with Crippen LogP contribution in [0.1, 0.15) is 10.4 Å². The number of phenols is 1. The summed E-state index contributed by atoms with van der Waals surface area (Å²) < 4.78 is 17.7. The maximum absolute atomic E-state index is 12.9. The van der Waals surface area contributed by atoms with Crippen LogP contribution >= 0.6 is 11.6 Å². The Balaban J connectivity index is 1.91. The van der Waals surface area contributed by atoms with Gasteiger partial charge < -0.3 is 15.2 Å². The molecule has 0 heterocycles. The smallest absolute Gasteiger partial charge is 0.338 e. The van der Waals surface area contributed by atoms with Crippen molar-refractivity contribution in [2.75, 3.05) is 11.9 Å². The Labute approximate surface area is 130 Å². The minimum atomic E-state index is -0.753. The molecule has 22 heavy (non-hydrogen) atoms. The molecule has 0 fully saturated rings. The van der Waals surface area contributed by atoms with Crippen molar-refractivity contribution >= 4 is 29.2 Å². The van der Waals surface area contributed by atoms with Crippen molar-refractivity contribution in [2.24, 2.45) is 0 Å². The van der Waals surface area contributed by atoms with Gasteiger partial charge in [0.25, 0.3) is 5.91 Å². The number of benzene rings is 2. The van der Waals surface area contributed by atoms with Crippen LogP contribution in [0.2, 0.25) is 5.02 Å². The summed E-state index contributed by atoms with van der Waals surface area (Å²) in [6, 6.07) is 9.03. The molecule has 0 saturated carbocycles. The third-order valence-electron chi connectivity index (χ3n) is 2.62. The van der Waals surface area contributed by atoms with Crippen LogP contribution in [0.25, 0.3) is 0 Å². The van der Waals surface area contributed by atoms with E-state index in [2.05, 4.69) is 5.32 Å². The van der Waals surface area contributed by atoms with E-state index in [9.17, 15) is 19.1 Å². The van der Waals surface area contributed by atoms with Crippen molar-refractivity contribution in [3.05, 3.63) is 58.9 Å². The predicted octanol–water partition coefficient (Wildman–Crippen LogP) is 2.98. The molecule has 2 aromatic carbocycles. The zero-order valence-corrected chi connectivity index (χ0v) is 11.9. The van der Waals surface area contributed by atoms with Crippen LogP contribution in [0.4, 0.5) is 10.1 Å². The minimum Gasteiger partial charge on any atom is -0.508 e.